The average Bonchev–Trinajstić information content (AvgIpc) is 2.26. The fourth-order valence-corrected chi connectivity index (χ4v) is 1.86. The van der Waals surface area contributed by atoms with Crippen LogP contribution in [0.1, 0.15) is 13.8 Å². The zero-order valence-corrected chi connectivity index (χ0v) is 11.6. The number of rotatable bonds is 5. The molecule has 0 fully saturated rings. The van der Waals surface area contributed by atoms with Crippen LogP contribution in [-0.4, -0.2) is 38.2 Å². The number of hydrogen-bond acceptors (Lipinski definition) is 3. The number of hydrogen-bond donors (Lipinski definition) is 1. The third-order valence-electron chi connectivity index (χ3n) is 2.41. The maximum Gasteiger partial charge on any atom is 0.412 e. The normalized spacial score (nSPS) is 11.4. The van der Waals surface area contributed by atoms with Crippen LogP contribution in [0.3, 0.4) is 0 Å². The summed E-state index contributed by atoms with van der Waals surface area (Å²) in [6.07, 6.45) is -0.409. The lowest BCUT2D eigenvalue weighted by atomic mass is 9.93. The zero-order valence-electron chi connectivity index (χ0n) is 11.6. The molecular formula is C14H22N2O2. The molecule has 0 spiro atoms. The second-order valence-electron chi connectivity index (χ2n) is 5.46. The van der Waals surface area contributed by atoms with Gasteiger partial charge in [-0.05, 0) is 31.6 Å². The predicted molar refractivity (Wildman–Crippen MR) is 72.8 cm³/mol. The summed E-state index contributed by atoms with van der Waals surface area (Å²) in [5.74, 6) is 0.556. The first-order chi connectivity index (χ1) is 8.39. The van der Waals surface area contributed by atoms with Crippen molar-refractivity contribution in [1.29, 1.82) is 0 Å². The van der Waals surface area contributed by atoms with E-state index >= 15 is 0 Å². The molecule has 1 N–H and O–H groups in total. The van der Waals surface area contributed by atoms with Gasteiger partial charge in [-0.3, -0.25) is 0 Å². The van der Waals surface area contributed by atoms with E-state index in [0.29, 0.717) is 12.3 Å². The van der Waals surface area contributed by atoms with Gasteiger partial charge in [-0.2, -0.15) is 0 Å². The van der Waals surface area contributed by atoms with Crippen molar-refractivity contribution >= 4 is 6.09 Å². The molecule has 0 atom stereocenters. The van der Waals surface area contributed by atoms with Gasteiger partial charge in [0.15, 0.2) is 0 Å². The van der Waals surface area contributed by atoms with Crippen molar-refractivity contribution in [3.05, 3.63) is 30.3 Å². The first-order valence-electron chi connectivity index (χ1n) is 6.04. The molecule has 1 rings (SSSR count). The van der Waals surface area contributed by atoms with Crippen LogP contribution in [0, 0.1) is 5.41 Å². The Hall–Kier alpha value is -1.55. The summed E-state index contributed by atoms with van der Waals surface area (Å²) in [6, 6.07) is 9.05. The quantitative estimate of drug-likeness (QED) is 0.872. The SMILES string of the molecule is CN(C)CC(C)(C)CNC(=O)Oc1ccccc1. The highest BCUT2D eigenvalue weighted by Crippen LogP contribution is 2.14. The molecule has 100 valence electrons. The van der Waals surface area contributed by atoms with Crippen LogP contribution >= 0.6 is 0 Å². The first-order valence-corrected chi connectivity index (χ1v) is 6.04. The number of carbonyl (C=O) groups is 1. The Morgan fingerprint density at radius 1 is 1.28 bits per heavy atom. The predicted octanol–water partition coefficient (Wildman–Crippen LogP) is 2.36. The molecule has 0 heterocycles. The second kappa shape index (κ2) is 6.40. The van der Waals surface area contributed by atoms with Crippen LogP contribution < -0.4 is 10.1 Å². The van der Waals surface area contributed by atoms with Gasteiger partial charge in [0, 0.05) is 13.1 Å². The minimum atomic E-state index is -0.409. The molecule has 4 heteroatoms. The van der Waals surface area contributed by atoms with Crippen LogP contribution in [0.15, 0.2) is 30.3 Å². The summed E-state index contributed by atoms with van der Waals surface area (Å²) >= 11 is 0. The maximum atomic E-state index is 11.6. The molecule has 0 aliphatic carbocycles. The van der Waals surface area contributed by atoms with E-state index in [1.54, 1.807) is 12.1 Å². The van der Waals surface area contributed by atoms with Crippen LogP contribution in [0.25, 0.3) is 0 Å². The molecule has 1 aromatic carbocycles. The highest BCUT2D eigenvalue weighted by atomic mass is 16.6. The Morgan fingerprint density at radius 3 is 2.44 bits per heavy atom. The summed E-state index contributed by atoms with van der Waals surface area (Å²) in [5.41, 5.74) is 0.0131. The molecule has 0 saturated heterocycles. The Balaban J connectivity index is 2.37. The fourth-order valence-electron chi connectivity index (χ4n) is 1.86. The molecule has 18 heavy (non-hydrogen) atoms. The second-order valence-corrected chi connectivity index (χ2v) is 5.46. The van der Waals surface area contributed by atoms with Gasteiger partial charge in [0.2, 0.25) is 0 Å². The third kappa shape index (κ3) is 5.68. The van der Waals surface area contributed by atoms with Gasteiger partial charge in [-0.25, -0.2) is 4.79 Å². The lowest BCUT2D eigenvalue weighted by Crippen LogP contribution is -2.40. The number of ether oxygens (including phenoxy) is 1. The van der Waals surface area contributed by atoms with Crippen molar-refractivity contribution in [3.63, 3.8) is 0 Å². The van der Waals surface area contributed by atoms with Crippen LogP contribution in [0.4, 0.5) is 4.79 Å². The van der Waals surface area contributed by atoms with E-state index in [1.807, 2.05) is 32.3 Å². The van der Waals surface area contributed by atoms with Gasteiger partial charge >= 0.3 is 6.09 Å². The molecule has 0 unspecified atom stereocenters. The van der Waals surface area contributed by atoms with Gasteiger partial charge in [-0.15, -0.1) is 0 Å². The number of nitrogens with one attached hydrogen (secondary N) is 1. The molecule has 0 radical (unpaired) electrons. The van der Waals surface area contributed by atoms with Crippen LogP contribution in [-0.2, 0) is 0 Å². The molecule has 1 aromatic rings. The lowest BCUT2D eigenvalue weighted by Gasteiger charge is -2.28. The van der Waals surface area contributed by atoms with E-state index in [9.17, 15) is 4.79 Å². The summed E-state index contributed by atoms with van der Waals surface area (Å²) in [5, 5.41) is 2.79. The summed E-state index contributed by atoms with van der Waals surface area (Å²) < 4.78 is 5.15. The molecular weight excluding hydrogens is 228 g/mol. The van der Waals surface area contributed by atoms with E-state index in [2.05, 4.69) is 24.1 Å². The molecule has 0 saturated carbocycles. The Kier molecular flexibility index (Phi) is 5.16. The van der Waals surface area contributed by atoms with Crippen molar-refractivity contribution in [3.8, 4) is 5.75 Å². The number of carbonyl (C=O) groups excluding carboxylic acids is 1. The number of nitrogens with zero attached hydrogens (tertiary/aromatic N) is 1. The van der Waals surface area contributed by atoms with Gasteiger partial charge in [0.1, 0.15) is 5.75 Å². The van der Waals surface area contributed by atoms with Crippen LogP contribution in [0.5, 0.6) is 5.75 Å². The maximum absolute atomic E-state index is 11.6. The molecule has 4 nitrogen and oxygen atoms in total. The van der Waals surface area contributed by atoms with Crippen molar-refractivity contribution in [1.82, 2.24) is 10.2 Å². The number of amides is 1. The Labute approximate surface area is 109 Å². The topological polar surface area (TPSA) is 41.6 Å². The molecule has 0 aromatic heterocycles. The molecule has 1 amide bonds. The van der Waals surface area contributed by atoms with E-state index in [4.69, 9.17) is 4.74 Å². The first kappa shape index (κ1) is 14.5. The number of para-hydroxylation sites is 1. The molecule has 0 bridgehead atoms. The van der Waals surface area contributed by atoms with Crippen molar-refractivity contribution in [2.24, 2.45) is 5.41 Å². The van der Waals surface area contributed by atoms with Gasteiger partial charge < -0.3 is 15.0 Å². The minimum absolute atomic E-state index is 0.0131. The van der Waals surface area contributed by atoms with Crippen LogP contribution in [0.2, 0.25) is 0 Å². The smallest absolute Gasteiger partial charge is 0.410 e. The Morgan fingerprint density at radius 2 is 1.89 bits per heavy atom. The van der Waals surface area contributed by atoms with E-state index in [0.717, 1.165) is 6.54 Å². The summed E-state index contributed by atoms with van der Waals surface area (Å²) in [6.45, 7) is 5.70. The standard InChI is InChI=1S/C14H22N2O2/c1-14(2,11-16(3)4)10-15-13(17)18-12-8-6-5-7-9-12/h5-9H,10-11H2,1-4H3,(H,15,17). The summed E-state index contributed by atoms with van der Waals surface area (Å²) in [4.78, 5) is 13.7. The van der Waals surface area contributed by atoms with E-state index in [1.165, 1.54) is 0 Å². The lowest BCUT2D eigenvalue weighted by molar-refractivity contribution is 0.185. The highest BCUT2D eigenvalue weighted by Gasteiger charge is 2.20. The van der Waals surface area contributed by atoms with E-state index < -0.39 is 6.09 Å². The monoisotopic (exact) mass is 250 g/mol. The average molecular weight is 250 g/mol. The third-order valence-corrected chi connectivity index (χ3v) is 2.41. The highest BCUT2D eigenvalue weighted by molar-refractivity contribution is 5.70. The summed E-state index contributed by atoms with van der Waals surface area (Å²) in [7, 11) is 4.04. The largest absolute Gasteiger partial charge is 0.412 e. The fraction of sp³-hybridized carbons (Fsp3) is 0.500. The molecule has 0 aliphatic rings. The van der Waals surface area contributed by atoms with Crippen molar-refractivity contribution in [2.45, 2.75) is 13.8 Å². The minimum Gasteiger partial charge on any atom is -0.410 e. The van der Waals surface area contributed by atoms with Gasteiger partial charge in [-0.1, -0.05) is 32.0 Å². The Bertz CT molecular complexity index is 375. The number of benzene rings is 1. The van der Waals surface area contributed by atoms with Gasteiger partial charge in [0.25, 0.3) is 0 Å². The zero-order chi connectivity index (χ0) is 13.6. The van der Waals surface area contributed by atoms with Crippen molar-refractivity contribution < 1.29 is 9.53 Å². The molecule has 0 aliphatic heterocycles. The van der Waals surface area contributed by atoms with Crippen molar-refractivity contribution in [2.75, 3.05) is 27.2 Å². The van der Waals surface area contributed by atoms with E-state index in [-0.39, 0.29) is 5.41 Å². The van der Waals surface area contributed by atoms with Gasteiger partial charge in [0.05, 0.1) is 0 Å².